The molecular formula is C9H9+. The maximum absolute atomic E-state index is 2.30. The fourth-order valence-corrected chi connectivity index (χ4v) is 1.34. The third kappa shape index (κ3) is 0.710. The molecule has 0 amide bonds. The van der Waals surface area contributed by atoms with Gasteiger partial charge >= 0.3 is 0 Å². The van der Waals surface area contributed by atoms with Gasteiger partial charge in [-0.2, -0.15) is 0 Å². The summed E-state index contributed by atoms with van der Waals surface area (Å²) in [7, 11) is 0. The fourth-order valence-electron chi connectivity index (χ4n) is 1.34. The van der Waals surface area contributed by atoms with Crippen molar-refractivity contribution in [1.29, 1.82) is 0 Å². The Hall–Kier alpha value is -0.910. The Kier molecular flexibility index (Phi) is 0.984. The van der Waals surface area contributed by atoms with Crippen molar-refractivity contribution in [3.8, 4) is 0 Å². The SMILES string of the molecule is c1ccc2c(c1)[CH+]CC2. The van der Waals surface area contributed by atoms with Crippen LogP contribution >= 0.6 is 0 Å². The average Bonchev–Trinajstić information content (AvgIpc) is 2.33. The number of hydrogen-bond donors (Lipinski definition) is 0. The Bertz CT molecular complexity index is 190. The van der Waals surface area contributed by atoms with Gasteiger partial charge in [0.25, 0.3) is 0 Å². The zero-order valence-corrected chi connectivity index (χ0v) is 5.30. The van der Waals surface area contributed by atoms with E-state index in [9.17, 15) is 0 Å². The zero-order chi connectivity index (χ0) is 6.10. The lowest BCUT2D eigenvalue weighted by molar-refractivity contribution is 1.03. The molecule has 1 aromatic carbocycles. The van der Waals surface area contributed by atoms with Gasteiger partial charge in [-0.15, -0.1) is 0 Å². The van der Waals surface area contributed by atoms with Gasteiger partial charge < -0.3 is 0 Å². The standard InChI is InChI=1S/C9H9/c1-2-5-9-7-3-6-8(9)4-1/h1-2,4-6H,3,7H2/q+1. The predicted octanol–water partition coefficient (Wildman–Crippen LogP) is 2.19. The van der Waals surface area contributed by atoms with E-state index in [4.69, 9.17) is 0 Å². The minimum absolute atomic E-state index is 1.24. The Labute approximate surface area is 55.5 Å². The molecule has 0 atom stereocenters. The molecule has 0 aromatic heterocycles. The summed E-state index contributed by atoms with van der Waals surface area (Å²) in [4.78, 5) is 0. The lowest BCUT2D eigenvalue weighted by atomic mass is 10.1. The molecule has 0 fully saturated rings. The van der Waals surface area contributed by atoms with Gasteiger partial charge in [-0.05, 0) is 18.2 Å². The summed E-state index contributed by atoms with van der Waals surface area (Å²) in [5.74, 6) is 0. The maximum atomic E-state index is 2.30. The van der Waals surface area contributed by atoms with Crippen LogP contribution in [0.5, 0.6) is 0 Å². The predicted molar refractivity (Wildman–Crippen MR) is 38.2 cm³/mol. The summed E-state index contributed by atoms with van der Waals surface area (Å²) in [6.07, 6.45) is 4.78. The van der Waals surface area contributed by atoms with E-state index in [1.54, 1.807) is 0 Å². The summed E-state index contributed by atoms with van der Waals surface area (Å²) in [6.45, 7) is 0. The summed E-state index contributed by atoms with van der Waals surface area (Å²) in [5.41, 5.74) is 2.95. The van der Waals surface area contributed by atoms with E-state index in [1.165, 1.54) is 24.0 Å². The quantitative estimate of drug-likeness (QED) is 0.457. The van der Waals surface area contributed by atoms with E-state index >= 15 is 0 Å². The first-order chi connectivity index (χ1) is 4.47. The van der Waals surface area contributed by atoms with Crippen LogP contribution in [0.15, 0.2) is 24.3 Å². The van der Waals surface area contributed by atoms with Gasteiger partial charge in [-0.25, -0.2) is 0 Å². The van der Waals surface area contributed by atoms with Crippen LogP contribution < -0.4 is 0 Å². The minimum Gasteiger partial charge on any atom is -0.0354 e. The highest BCUT2D eigenvalue weighted by Crippen LogP contribution is 2.21. The molecule has 0 radical (unpaired) electrons. The highest BCUT2D eigenvalue weighted by Gasteiger charge is 2.16. The smallest absolute Gasteiger partial charge is 0.0354 e. The van der Waals surface area contributed by atoms with Crippen molar-refractivity contribution >= 4 is 0 Å². The average molecular weight is 117 g/mol. The lowest BCUT2D eigenvalue weighted by Gasteiger charge is -1.83. The van der Waals surface area contributed by atoms with E-state index in [0.29, 0.717) is 0 Å². The van der Waals surface area contributed by atoms with Gasteiger partial charge in [0.05, 0.1) is 5.56 Å². The molecule has 0 N–H and O–H groups in total. The first-order valence-corrected chi connectivity index (χ1v) is 3.38. The van der Waals surface area contributed by atoms with Crippen LogP contribution in [-0.2, 0) is 6.42 Å². The van der Waals surface area contributed by atoms with E-state index < -0.39 is 0 Å². The Morgan fingerprint density at radius 2 is 2.11 bits per heavy atom. The van der Waals surface area contributed by atoms with Gasteiger partial charge in [-0.1, -0.05) is 0 Å². The van der Waals surface area contributed by atoms with Crippen molar-refractivity contribution in [3.63, 3.8) is 0 Å². The Morgan fingerprint density at radius 1 is 1.22 bits per heavy atom. The molecule has 0 heterocycles. The zero-order valence-electron chi connectivity index (χ0n) is 5.30. The molecular weight excluding hydrogens is 108 g/mol. The van der Waals surface area contributed by atoms with Gasteiger partial charge in [0.1, 0.15) is 5.56 Å². The number of benzene rings is 1. The molecule has 1 aliphatic rings. The molecule has 1 aromatic rings. The molecule has 0 heteroatoms. The third-order valence-electron chi connectivity index (χ3n) is 1.83. The van der Waals surface area contributed by atoms with Crippen LogP contribution in [0.1, 0.15) is 17.5 Å². The Morgan fingerprint density at radius 3 is 3.00 bits per heavy atom. The van der Waals surface area contributed by atoms with E-state index in [1.807, 2.05) is 0 Å². The lowest BCUT2D eigenvalue weighted by Crippen LogP contribution is -1.76. The molecule has 0 saturated heterocycles. The second kappa shape index (κ2) is 1.80. The molecule has 0 saturated carbocycles. The Balaban J connectivity index is 2.54. The molecule has 44 valence electrons. The van der Waals surface area contributed by atoms with Gasteiger partial charge in [0.2, 0.25) is 0 Å². The third-order valence-corrected chi connectivity index (χ3v) is 1.83. The van der Waals surface area contributed by atoms with Crippen LogP contribution in [0.25, 0.3) is 0 Å². The second-order valence-corrected chi connectivity index (χ2v) is 2.44. The largest absolute Gasteiger partial charge is 0.132 e. The van der Waals surface area contributed by atoms with E-state index in [2.05, 4.69) is 30.7 Å². The van der Waals surface area contributed by atoms with Crippen molar-refractivity contribution < 1.29 is 0 Å². The van der Waals surface area contributed by atoms with Gasteiger partial charge in [0, 0.05) is 25.3 Å². The van der Waals surface area contributed by atoms with Crippen LogP contribution in [0.4, 0.5) is 0 Å². The van der Waals surface area contributed by atoms with Crippen LogP contribution in [-0.4, -0.2) is 0 Å². The number of aryl methyl sites for hydroxylation is 1. The summed E-state index contributed by atoms with van der Waals surface area (Å²) in [6, 6.07) is 8.60. The maximum Gasteiger partial charge on any atom is 0.132 e. The highest BCUT2D eigenvalue weighted by molar-refractivity contribution is 5.37. The summed E-state index contributed by atoms with van der Waals surface area (Å²) < 4.78 is 0. The summed E-state index contributed by atoms with van der Waals surface area (Å²) >= 11 is 0. The first-order valence-electron chi connectivity index (χ1n) is 3.38. The van der Waals surface area contributed by atoms with Gasteiger partial charge in [0.15, 0.2) is 0 Å². The van der Waals surface area contributed by atoms with E-state index in [-0.39, 0.29) is 0 Å². The number of hydrogen-bond acceptors (Lipinski definition) is 0. The monoisotopic (exact) mass is 117 g/mol. The van der Waals surface area contributed by atoms with Crippen LogP contribution in [0.2, 0.25) is 0 Å². The molecule has 2 rings (SSSR count). The second-order valence-electron chi connectivity index (χ2n) is 2.44. The van der Waals surface area contributed by atoms with Crippen molar-refractivity contribution in [3.05, 3.63) is 41.8 Å². The van der Waals surface area contributed by atoms with Crippen LogP contribution in [0.3, 0.4) is 0 Å². The molecule has 0 nitrogen and oxygen atoms in total. The highest BCUT2D eigenvalue weighted by atomic mass is 14.1. The molecule has 0 bridgehead atoms. The van der Waals surface area contributed by atoms with Crippen LogP contribution in [0, 0.1) is 6.42 Å². The van der Waals surface area contributed by atoms with E-state index in [0.717, 1.165) is 0 Å². The molecule has 0 unspecified atom stereocenters. The topological polar surface area (TPSA) is 0 Å². The molecule has 9 heavy (non-hydrogen) atoms. The van der Waals surface area contributed by atoms with Gasteiger partial charge in [-0.3, -0.25) is 0 Å². The fraction of sp³-hybridized carbons (Fsp3) is 0.222. The van der Waals surface area contributed by atoms with Crippen molar-refractivity contribution in [2.24, 2.45) is 0 Å². The molecule has 1 aliphatic carbocycles. The molecule has 0 aliphatic heterocycles. The van der Waals surface area contributed by atoms with Crippen molar-refractivity contribution in [2.45, 2.75) is 12.8 Å². The summed E-state index contributed by atoms with van der Waals surface area (Å²) in [5, 5.41) is 0. The van der Waals surface area contributed by atoms with Crippen molar-refractivity contribution in [1.82, 2.24) is 0 Å². The number of rotatable bonds is 0. The van der Waals surface area contributed by atoms with Crippen molar-refractivity contribution in [2.75, 3.05) is 0 Å². The normalized spacial score (nSPS) is 14.7. The molecule has 0 spiro atoms. The first kappa shape index (κ1) is 4.92. The number of fused-ring (bicyclic) bond motifs is 1. The minimum atomic E-state index is 1.24.